The highest BCUT2D eigenvalue weighted by Gasteiger charge is 2.02. The summed E-state index contributed by atoms with van der Waals surface area (Å²) < 4.78 is 7.18. The molecule has 0 aromatic carbocycles. The molecule has 2 aromatic heterocycles. The summed E-state index contributed by atoms with van der Waals surface area (Å²) in [4.78, 5) is 4.42. The molecule has 2 aromatic rings. The summed E-state index contributed by atoms with van der Waals surface area (Å²) in [5.74, 6) is 1.11. The molecule has 0 unspecified atom stereocenters. The van der Waals surface area contributed by atoms with Crippen molar-refractivity contribution in [2.75, 3.05) is 13.7 Å². The number of imidazole rings is 1. The zero-order valence-corrected chi connectivity index (χ0v) is 9.23. The van der Waals surface area contributed by atoms with E-state index in [-0.39, 0.29) is 0 Å². The number of methoxy groups -OCH3 is 1. The van der Waals surface area contributed by atoms with E-state index in [1.54, 1.807) is 7.11 Å². The molecule has 2 heterocycles. The Morgan fingerprint density at radius 2 is 2.33 bits per heavy atom. The summed E-state index contributed by atoms with van der Waals surface area (Å²) in [6, 6.07) is 4.25. The molecule has 0 aliphatic rings. The summed E-state index contributed by atoms with van der Waals surface area (Å²) in [7, 11) is 1.73. The Morgan fingerprint density at radius 3 is 3.13 bits per heavy atom. The Bertz CT molecular complexity index is 448. The molecule has 3 nitrogen and oxygen atoms in total. The van der Waals surface area contributed by atoms with E-state index in [0.29, 0.717) is 0 Å². The zero-order chi connectivity index (χ0) is 10.7. The first kappa shape index (κ1) is 10.2. The van der Waals surface area contributed by atoms with Crippen LogP contribution in [0.4, 0.5) is 0 Å². The van der Waals surface area contributed by atoms with Crippen LogP contribution in [0.25, 0.3) is 5.52 Å². The van der Waals surface area contributed by atoms with Gasteiger partial charge in [0.15, 0.2) is 0 Å². The minimum Gasteiger partial charge on any atom is -0.385 e. The second kappa shape index (κ2) is 4.45. The quantitative estimate of drug-likeness (QED) is 0.714. The monoisotopic (exact) mass is 204 g/mol. The Morgan fingerprint density at radius 1 is 1.47 bits per heavy atom. The topological polar surface area (TPSA) is 26.5 Å². The van der Waals surface area contributed by atoms with Gasteiger partial charge in [-0.05, 0) is 31.0 Å². The minimum absolute atomic E-state index is 0.792. The first-order chi connectivity index (χ1) is 7.31. The van der Waals surface area contributed by atoms with Crippen molar-refractivity contribution in [2.45, 2.75) is 19.8 Å². The number of hydrogen-bond donors (Lipinski definition) is 0. The molecular formula is C12H16N2O. The van der Waals surface area contributed by atoms with Crippen LogP contribution in [0.3, 0.4) is 0 Å². The van der Waals surface area contributed by atoms with Crippen LogP contribution in [-0.2, 0) is 11.2 Å². The molecule has 0 fully saturated rings. The molecule has 0 saturated carbocycles. The summed E-state index contributed by atoms with van der Waals surface area (Å²) >= 11 is 0. The van der Waals surface area contributed by atoms with Gasteiger partial charge in [-0.25, -0.2) is 4.98 Å². The van der Waals surface area contributed by atoms with Crippen molar-refractivity contribution in [3.05, 3.63) is 35.9 Å². The lowest BCUT2D eigenvalue weighted by Crippen LogP contribution is -1.98. The van der Waals surface area contributed by atoms with Crippen molar-refractivity contribution in [3.63, 3.8) is 0 Å². The Hall–Kier alpha value is -1.35. The summed E-state index contributed by atoms with van der Waals surface area (Å²) in [5.41, 5.74) is 2.44. The molecule has 0 aliphatic carbocycles. The summed E-state index contributed by atoms with van der Waals surface area (Å²) in [5, 5.41) is 0. The van der Waals surface area contributed by atoms with Crippen LogP contribution >= 0.6 is 0 Å². The maximum Gasteiger partial charge on any atom is 0.113 e. The van der Waals surface area contributed by atoms with Gasteiger partial charge in [-0.3, -0.25) is 0 Å². The van der Waals surface area contributed by atoms with E-state index >= 15 is 0 Å². The highest BCUT2D eigenvalue weighted by atomic mass is 16.5. The highest BCUT2D eigenvalue weighted by Crippen LogP contribution is 2.10. The Balaban J connectivity index is 2.21. The summed E-state index contributed by atoms with van der Waals surface area (Å²) in [6.07, 6.45) is 5.99. The van der Waals surface area contributed by atoms with Gasteiger partial charge in [-0.2, -0.15) is 0 Å². The predicted molar refractivity (Wildman–Crippen MR) is 60.1 cm³/mol. The molecular weight excluding hydrogens is 188 g/mol. The maximum absolute atomic E-state index is 5.03. The molecule has 2 rings (SSSR count). The van der Waals surface area contributed by atoms with Gasteiger partial charge in [0.1, 0.15) is 5.82 Å². The third-order valence-corrected chi connectivity index (χ3v) is 2.51. The molecule has 0 N–H and O–H groups in total. The van der Waals surface area contributed by atoms with Gasteiger partial charge < -0.3 is 9.14 Å². The predicted octanol–water partition coefficient (Wildman–Crippen LogP) is 2.22. The first-order valence-electron chi connectivity index (χ1n) is 5.23. The van der Waals surface area contributed by atoms with E-state index in [9.17, 15) is 0 Å². The first-order valence-corrected chi connectivity index (χ1v) is 5.23. The standard InChI is InChI=1S/C12H16N2O/c1-10-5-6-14-11(8-10)9-13-12(14)4-3-7-15-2/h5-6,8-9H,3-4,7H2,1-2H3. The Kier molecular flexibility index (Phi) is 3.02. The van der Waals surface area contributed by atoms with E-state index in [0.717, 1.165) is 25.3 Å². The number of fused-ring (bicyclic) bond motifs is 1. The third kappa shape index (κ3) is 2.18. The average molecular weight is 204 g/mol. The smallest absolute Gasteiger partial charge is 0.113 e. The van der Waals surface area contributed by atoms with Gasteiger partial charge >= 0.3 is 0 Å². The normalized spacial score (nSPS) is 11.1. The molecule has 0 bridgehead atoms. The number of nitrogens with zero attached hydrogens (tertiary/aromatic N) is 2. The second-order valence-electron chi connectivity index (χ2n) is 3.77. The van der Waals surface area contributed by atoms with Gasteiger partial charge in [-0.1, -0.05) is 0 Å². The van der Waals surface area contributed by atoms with Crippen LogP contribution in [0.1, 0.15) is 17.8 Å². The third-order valence-electron chi connectivity index (χ3n) is 2.51. The molecule has 3 heteroatoms. The van der Waals surface area contributed by atoms with Crippen molar-refractivity contribution < 1.29 is 4.74 Å². The number of rotatable bonds is 4. The van der Waals surface area contributed by atoms with E-state index in [1.807, 2.05) is 6.20 Å². The minimum atomic E-state index is 0.792. The van der Waals surface area contributed by atoms with Crippen LogP contribution in [0, 0.1) is 6.92 Å². The SMILES string of the molecule is COCCCc1ncc2cc(C)ccn12. The van der Waals surface area contributed by atoms with Gasteiger partial charge in [0.2, 0.25) is 0 Å². The molecule has 0 spiro atoms. The molecule has 80 valence electrons. The van der Waals surface area contributed by atoms with Crippen LogP contribution in [0.2, 0.25) is 0 Å². The van der Waals surface area contributed by atoms with E-state index in [1.165, 1.54) is 11.1 Å². The van der Waals surface area contributed by atoms with Crippen molar-refractivity contribution in [1.82, 2.24) is 9.38 Å². The molecule has 0 amide bonds. The lowest BCUT2D eigenvalue weighted by atomic mass is 10.2. The van der Waals surface area contributed by atoms with Crippen LogP contribution in [-0.4, -0.2) is 23.1 Å². The van der Waals surface area contributed by atoms with Crippen LogP contribution < -0.4 is 0 Å². The summed E-state index contributed by atoms with van der Waals surface area (Å²) in [6.45, 7) is 2.89. The fourth-order valence-corrected chi connectivity index (χ4v) is 1.73. The molecule has 15 heavy (non-hydrogen) atoms. The molecule has 0 saturated heterocycles. The van der Waals surface area contributed by atoms with Crippen LogP contribution in [0.5, 0.6) is 0 Å². The van der Waals surface area contributed by atoms with Gasteiger partial charge in [0, 0.05) is 26.3 Å². The largest absolute Gasteiger partial charge is 0.385 e. The highest BCUT2D eigenvalue weighted by molar-refractivity contribution is 5.48. The van der Waals surface area contributed by atoms with Crippen molar-refractivity contribution in [3.8, 4) is 0 Å². The fraction of sp³-hybridized carbons (Fsp3) is 0.417. The van der Waals surface area contributed by atoms with E-state index in [2.05, 4.69) is 34.6 Å². The molecule has 0 aliphatic heterocycles. The van der Waals surface area contributed by atoms with Crippen molar-refractivity contribution in [1.29, 1.82) is 0 Å². The number of aryl methyl sites for hydroxylation is 2. The van der Waals surface area contributed by atoms with Gasteiger partial charge in [0.25, 0.3) is 0 Å². The van der Waals surface area contributed by atoms with Gasteiger partial charge in [-0.15, -0.1) is 0 Å². The zero-order valence-electron chi connectivity index (χ0n) is 9.23. The van der Waals surface area contributed by atoms with Crippen LogP contribution in [0.15, 0.2) is 24.5 Å². The van der Waals surface area contributed by atoms with E-state index in [4.69, 9.17) is 4.74 Å². The average Bonchev–Trinajstić information content (AvgIpc) is 2.61. The second-order valence-corrected chi connectivity index (χ2v) is 3.77. The lowest BCUT2D eigenvalue weighted by molar-refractivity contribution is 0.194. The Labute approximate surface area is 89.7 Å². The number of hydrogen-bond acceptors (Lipinski definition) is 2. The van der Waals surface area contributed by atoms with Crippen molar-refractivity contribution in [2.24, 2.45) is 0 Å². The van der Waals surface area contributed by atoms with Gasteiger partial charge in [0.05, 0.1) is 11.7 Å². The number of ether oxygens (including phenoxy) is 1. The van der Waals surface area contributed by atoms with Crippen molar-refractivity contribution >= 4 is 5.52 Å². The fourth-order valence-electron chi connectivity index (χ4n) is 1.73. The number of aromatic nitrogens is 2. The van der Waals surface area contributed by atoms with E-state index < -0.39 is 0 Å². The lowest BCUT2D eigenvalue weighted by Gasteiger charge is -2.01. The maximum atomic E-state index is 5.03. The molecule has 0 radical (unpaired) electrons. The number of pyridine rings is 1. The molecule has 0 atom stereocenters.